The molecule has 3 aromatic rings. The van der Waals surface area contributed by atoms with Gasteiger partial charge in [0.05, 0.1) is 6.21 Å². The lowest BCUT2D eigenvalue weighted by atomic mass is 10.1. The van der Waals surface area contributed by atoms with Gasteiger partial charge in [0.1, 0.15) is 5.75 Å². The summed E-state index contributed by atoms with van der Waals surface area (Å²) < 4.78 is 5.50. The number of hydrazone groups is 1. The van der Waals surface area contributed by atoms with Crippen molar-refractivity contribution < 1.29 is 19.1 Å². The van der Waals surface area contributed by atoms with Crippen molar-refractivity contribution in [2.24, 2.45) is 5.10 Å². The predicted octanol–water partition coefficient (Wildman–Crippen LogP) is 3.66. The van der Waals surface area contributed by atoms with E-state index in [1.165, 1.54) is 11.8 Å². The Hall–Kier alpha value is -4.46. The smallest absolute Gasteiger partial charge is 0.329 e. The molecule has 3 amide bonds. The molecular weight excluding hydrogens is 432 g/mol. The summed E-state index contributed by atoms with van der Waals surface area (Å²) in [5.41, 5.74) is 6.33. The topological polar surface area (TPSA) is 109 Å². The molecule has 8 nitrogen and oxygen atoms in total. The normalized spacial score (nSPS) is 10.5. The van der Waals surface area contributed by atoms with Crippen LogP contribution in [0.1, 0.15) is 23.6 Å². The van der Waals surface area contributed by atoms with Gasteiger partial charge in [0, 0.05) is 11.4 Å². The van der Waals surface area contributed by atoms with Gasteiger partial charge in [-0.3, -0.25) is 14.4 Å². The van der Waals surface area contributed by atoms with E-state index in [0.29, 0.717) is 22.7 Å². The first-order valence-corrected chi connectivity index (χ1v) is 10.8. The summed E-state index contributed by atoms with van der Waals surface area (Å²) in [6.45, 7) is 3.87. The van der Waals surface area contributed by atoms with Crippen molar-refractivity contribution in [1.29, 1.82) is 0 Å². The van der Waals surface area contributed by atoms with Crippen molar-refractivity contribution >= 4 is 35.3 Å². The maximum absolute atomic E-state index is 12.1. The quantitative estimate of drug-likeness (QED) is 0.272. The van der Waals surface area contributed by atoms with Gasteiger partial charge in [-0.2, -0.15) is 5.10 Å². The zero-order valence-corrected chi connectivity index (χ0v) is 19.0. The van der Waals surface area contributed by atoms with Crippen LogP contribution in [0, 0.1) is 6.92 Å². The maximum atomic E-state index is 12.1. The van der Waals surface area contributed by atoms with Gasteiger partial charge in [-0.15, -0.1) is 0 Å². The van der Waals surface area contributed by atoms with E-state index in [9.17, 15) is 14.4 Å². The Bertz CT molecular complexity index is 1150. The van der Waals surface area contributed by atoms with Gasteiger partial charge >= 0.3 is 11.8 Å². The Morgan fingerprint density at radius 3 is 2.09 bits per heavy atom. The first-order valence-electron chi connectivity index (χ1n) is 10.8. The fourth-order valence-corrected chi connectivity index (χ4v) is 2.86. The highest BCUT2D eigenvalue weighted by atomic mass is 16.5. The van der Waals surface area contributed by atoms with Crippen LogP contribution in [0.15, 0.2) is 77.9 Å². The van der Waals surface area contributed by atoms with E-state index in [2.05, 4.69) is 28.1 Å². The van der Waals surface area contributed by atoms with E-state index in [4.69, 9.17) is 4.74 Å². The minimum Gasteiger partial charge on any atom is -0.484 e. The van der Waals surface area contributed by atoms with E-state index in [1.54, 1.807) is 36.4 Å². The molecule has 0 radical (unpaired) electrons. The molecule has 3 N–H and O–H groups in total. The number of carbonyl (C=O) groups excluding carboxylic acids is 3. The number of benzene rings is 3. The number of anilines is 2. The lowest BCUT2D eigenvalue weighted by Gasteiger charge is -2.08. The van der Waals surface area contributed by atoms with Crippen LogP contribution in [0.2, 0.25) is 0 Å². The summed E-state index contributed by atoms with van der Waals surface area (Å²) in [4.78, 5) is 35.9. The Kier molecular flexibility index (Phi) is 8.51. The fourth-order valence-electron chi connectivity index (χ4n) is 2.86. The van der Waals surface area contributed by atoms with Gasteiger partial charge in [-0.1, -0.05) is 36.8 Å². The summed E-state index contributed by atoms with van der Waals surface area (Å²) in [6.07, 6.45) is 2.33. The molecule has 0 fully saturated rings. The number of carbonyl (C=O) groups is 3. The third kappa shape index (κ3) is 7.59. The minimum absolute atomic E-state index is 0.130. The molecule has 0 heterocycles. The van der Waals surface area contributed by atoms with E-state index in [-0.39, 0.29) is 12.5 Å². The second-order valence-electron chi connectivity index (χ2n) is 7.48. The summed E-state index contributed by atoms with van der Waals surface area (Å²) in [5, 5.41) is 9.07. The summed E-state index contributed by atoms with van der Waals surface area (Å²) in [6, 6.07) is 21.5. The lowest BCUT2D eigenvalue weighted by Crippen LogP contribution is -2.32. The van der Waals surface area contributed by atoms with Crippen LogP contribution in [0.25, 0.3) is 0 Å². The molecule has 0 atom stereocenters. The number of rotatable bonds is 8. The van der Waals surface area contributed by atoms with Gasteiger partial charge in [-0.05, 0) is 73.0 Å². The first kappa shape index (κ1) is 24.2. The zero-order valence-electron chi connectivity index (χ0n) is 19.0. The minimum atomic E-state index is -0.882. The monoisotopic (exact) mass is 458 g/mol. The number of hydrogen-bond acceptors (Lipinski definition) is 5. The Balaban J connectivity index is 1.41. The van der Waals surface area contributed by atoms with E-state index in [1.807, 2.05) is 43.3 Å². The third-order valence-electron chi connectivity index (χ3n) is 4.79. The molecule has 34 heavy (non-hydrogen) atoms. The number of amides is 3. The SMILES string of the molecule is CCc1ccc(NC(=O)COc2ccc(/C=N\NC(=O)C(=O)Nc3ccc(C)cc3)cc2)cc1. The standard InChI is InChI=1S/C26H26N4O4/c1-3-19-6-12-21(13-7-19)28-24(31)17-34-23-14-8-20(9-15-23)16-27-30-26(33)25(32)29-22-10-4-18(2)5-11-22/h4-16H,3,17H2,1-2H3,(H,28,31)(H,29,32)(H,30,33)/b27-16-. The molecule has 0 unspecified atom stereocenters. The molecule has 174 valence electrons. The molecule has 8 heteroatoms. The fraction of sp³-hybridized carbons (Fsp3) is 0.154. The predicted molar refractivity (Wildman–Crippen MR) is 132 cm³/mol. The molecular formula is C26H26N4O4. The third-order valence-corrected chi connectivity index (χ3v) is 4.79. The van der Waals surface area contributed by atoms with Crippen LogP contribution < -0.4 is 20.8 Å². The van der Waals surface area contributed by atoms with Crippen LogP contribution in [0.5, 0.6) is 5.75 Å². The molecule has 0 saturated carbocycles. The number of nitrogens with zero attached hydrogens (tertiary/aromatic N) is 1. The first-order chi connectivity index (χ1) is 16.4. The van der Waals surface area contributed by atoms with Crippen LogP contribution in [0.4, 0.5) is 11.4 Å². The lowest BCUT2D eigenvalue weighted by molar-refractivity contribution is -0.136. The average Bonchev–Trinajstić information content (AvgIpc) is 2.85. The van der Waals surface area contributed by atoms with E-state index < -0.39 is 11.8 Å². The van der Waals surface area contributed by atoms with Crippen molar-refractivity contribution in [2.75, 3.05) is 17.2 Å². The number of hydrogen-bond donors (Lipinski definition) is 3. The van der Waals surface area contributed by atoms with Gasteiger partial charge in [0.2, 0.25) is 0 Å². The number of ether oxygens (including phenoxy) is 1. The average molecular weight is 459 g/mol. The van der Waals surface area contributed by atoms with Gasteiger partial charge < -0.3 is 15.4 Å². The van der Waals surface area contributed by atoms with Crippen molar-refractivity contribution in [3.8, 4) is 5.75 Å². The van der Waals surface area contributed by atoms with E-state index in [0.717, 1.165) is 12.0 Å². The van der Waals surface area contributed by atoms with Crippen LogP contribution >= 0.6 is 0 Å². The summed E-state index contributed by atoms with van der Waals surface area (Å²) >= 11 is 0. The van der Waals surface area contributed by atoms with Gasteiger partial charge in [0.15, 0.2) is 6.61 Å². The Morgan fingerprint density at radius 1 is 0.824 bits per heavy atom. The van der Waals surface area contributed by atoms with Crippen LogP contribution in [-0.2, 0) is 20.8 Å². The van der Waals surface area contributed by atoms with Crippen LogP contribution in [0.3, 0.4) is 0 Å². The van der Waals surface area contributed by atoms with Gasteiger partial charge in [0.25, 0.3) is 5.91 Å². The molecule has 0 aromatic heterocycles. The molecule has 0 aliphatic carbocycles. The Labute approximate surface area is 198 Å². The molecule has 3 rings (SSSR count). The van der Waals surface area contributed by atoms with Crippen molar-refractivity contribution in [2.45, 2.75) is 20.3 Å². The number of aryl methyl sites for hydroxylation is 2. The highest BCUT2D eigenvalue weighted by Gasteiger charge is 2.12. The summed E-state index contributed by atoms with van der Waals surface area (Å²) in [5.74, 6) is -1.45. The Morgan fingerprint density at radius 2 is 1.44 bits per heavy atom. The van der Waals surface area contributed by atoms with Gasteiger partial charge in [-0.25, -0.2) is 5.43 Å². The molecule has 0 bridgehead atoms. The van der Waals surface area contributed by atoms with E-state index >= 15 is 0 Å². The second kappa shape index (κ2) is 12.0. The highest BCUT2D eigenvalue weighted by molar-refractivity contribution is 6.39. The largest absolute Gasteiger partial charge is 0.484 e. The highest BCUT2D eigenvalue weighted by Crippen LogP contribution is 2.13. The molecule has 3 aromatic carbocycles. The van der Waals surface area contributed by atoms with Crippen molar-refractivity contribution in [3.05, 3.63) is 89.5 Å². The van der Waals surface area contributed by atoms with Crippen LogP contribution in [-0.4, -0.2) is 30.5 Å². The molecule has 0 spiro atoms. The molecule has 0 saturated heterocycles. The van der Waals surface area contributed by atoms with Crippen molar-refractivity contribution in [1.82, 2.24) is 5.43 Å². The summed E-state index contributed by atoms with van der Waals surface area (Å²) in [7, 11) is 0. The molecule has 0 aliphatic rings. The van der Waals surface area contributed by atoms with Crippen molar-refractivity contribution in [3.63, 3.8) is 0 Å². The zero-order chi connectivity index (χ0) is 24.3. The second-order valence-corrected chi connectivity index (χ2v) is 7.48. The number of nitrogens with one attached hydrogen (secondary N) is 3. The molecule has 0 aliphatic heterocycles. The maximum Gasteiger partial charge on any atom is 0.329 e.